The second kappa shape index (κ2) is 4.45. The van der Waals surface area contributed by atoms with Gasteiger partial charge in [0.2, 0.25) is 5.91 Å². The molecule has 1 N–H and O–H groups in total. The molecule has 3 heteroatoms. The third kappa shape index (κ3) is 2.97. The quantitative estimate of drug-likeness (QED) is 0.761. The number of alkyl halides is 1. The van der Waals surface area contributed by atoms with Crippen LogP contribution in [0.3, 0.4) is 0 Å². The zero-order valence-corrected chi connectivity index (χ0v) is 9.99. The maximum atomic E-state index is 11.4. The molecule has 0 aromatic carbocycles. The molecule has 0 heterocycles. The lowest BCUT2D eigenvalue weighted by Crippen LogP contribution is -2.42. The number of hydrogen-bond donors (Lipinski definition) is 1. The predicted molar refractivity (Wildman–Crippen MR) is 58.0 cm³/mol. The summed E-state index contributed by atoms with van der Waals surface area (Å²) in [7, 11) is 0. The molecule has 0 radical (unpaired) electrons. The van der Waals surface area contributed by atoms with Crippen LogP contribution in [0.15, 0.2) is 0 Å². The number of hydrogen-bond acceptors (Lipinski definition) is 1. The van der Waals surface area contributed by atoms with Crippen LogP contribution >= 0.6 is 15.9 Å². The van der Waals surface area contributed by atoms with Gasteiger partial charge in [-0.15, -0.1) is 0 Å². The Labute approximate surface area is 88.6 Å². The van der Waals surface area contributed by atoms with E-state index in [9.17, 15) is 4.79 Å². The van der Waals surface area contributed by atoms with Crippen LogP contribution in [-0.4, -0.2) is 17.3 Å². The molecule has 1 rings (SSSR count). The third-order valence-corrected chi connectivity index (χ3v) is 3.96. The Morgan fingerprint density at radius 1 is 1.62 bits per heavy atom. The van der Waals surface area contributed by atoms with Crippen molar-refractivity contribution in [1.29, 1.82) is 0 Å². The van der Waals surface area contributed by atoms with Crippen molar-refractivity contribution in [3.63, 3.8) is 0 Å². The molecule has 0 aliphatic heterocycles. The van der Waals surface area contributed by atoms with Crippen LogP contribution in [0.25, 0.3) is 0 Å². The zero-order chi connectivity index (χ0) is 9.90. The topological polar surface area (TPSA) is 29.1 Å². The summed E-state index contributed by atoms with van der Waals surface area (Å²) in [5, 5.41) is 2.99. The lowest BCUT2D eigenvalue weighted by Gasteiger charge is -2.38. The van der Waals surface area contributed by atoms with Crippen LogP contribution in [0.4, 0.5) is 0 Å². The number of amides is 1. The molecule has 0 aromatic heterocycles. The van der Waals surface area contributed by atoms with Crippen molar-refractivity contribution in [3.8, 4) is 0 Å². The van der Waals surface area contributed by atoms with Crippen LogP contribution in [0.5, 0.6) is 0 Å². The Morgan fingerprint density at radius 2 is 2.23 bits per heavy atom. The summed E-state index contributed by atoms with van der Waals surface area (Å²) in [6.45, 7) is 5.09. The number of halogens is 1. The van der Waals surface area contributed by atoms with Gasteiger partial charge in [-0.05, 0) is 24.7 Å². The fourth-order valence-corrected chi connectivity index (χ4v) is 1.72. The van der Waals surface area contributed by atoms with Gasteiger partial charge in [-0.2, -0.15) is 0 Å². The number of carbonyl (C=O) groups is 1. The number of carbonyl (C=O) groups excluding carboxylic acids is 1. The molecule has 0 bridgehead atoms. The second-order valence-corrected chi connectivity index (χ2v) is 5.36. The zero-order valence-electron chi connectivity index (χ0n) is 8.40. The van der Waals surface area contributed by atoms with E-state index < -0.39 is 0 Å². The number of rotatable bonds is 4. The Balaban J connectivity index is 2.21. The summed E-state index contributed by atoms with van der Waals surface area (Å²) in [6, 6.07) is 0. The standard InChI is InChI=1S/C10H18BrNO/c1-3-8(11)9(13)12-7-10(2)5-4-6-10/h8H,3-7H2,1-2H3,(H,12,13). The molecular weight excluding hydrogens is 230 g/mol. The fraction of sp³-hybridized carbons (Fsp3) is 0.900. The first kappa shape index (κ1) is 11.0. The van der Waals surface area contributed by atoms with Crippen LogP contribution in [0.2, 0.25) is 0 Å². The smallest absolute Gasteiger partial charge is 0.233 e. The van der Waals surface area contributed by atoms with Gasteiger partial charge in [-0.25, -0.2) is 0 Å². The molecule has 1 unspecified atom stereocenters. The first-order valence-corrected chi connectivity index (χ1v) is 5.91. The van der Waals surface area contributed by atoms with Gasteiger partial charge in [-0.1, -0.05) is 36.2 Å². The highest BCUT2D eigenvalue weighted by molar-refractivity contribution is 9.10. The molecule has 2 nitrogen and oxygen atoms in total. The minimum absolute atomic E-state index is 0.0174. The van der Waals surface area contributed by atoms with Crippen molar-refractivity contribution < 1.29 is 4.79 Å². The van der Waals surface area contributed by atoms with Gasteiger partial charge in [0.05, 0.1) is 4.83 Å². The van der Waals surface area contributed by atoms with E-state index in [-0.39, 0.29) is 10.7 Å². The SMILES string of the molecule is CCC(Br)C(=O)NCC1(C)CCC1. The average Bonchev–Trinajstić information content (AvgIpc) is 2.09. The normalized spacial score (nSPS) is 21.8. The summed E-state index contributed by atoms with van der Waals surface area (Å²) in [5.41, 5.74) is 0.385. The summed E-state index contributed by atoms with van der Waals surface area (Å²) < 4.78 is 0. The predicted octanol–water partition coefficient (Wildman–Crippen LogP) is 2.47. The Hall–Kier alpha value is -0.0500. The van der Waals surface area contributed by atoms with Crippen molar-refractivity contribution in [2.24, 2.45) is 5.41 Å². The molecule has 0 spiro atoms. The summed E-state index contributed by atoms with van der Waals surface area (Å²) in [4.78, 5) is 11.4. The molecule has 1 saturated carbocycles. The van der Waals surface area contributed by atoms with E-state index in [2.05, 4.69) is 28.2 Å². The van der Waals surface area contributed by atoms with Gasteiger partial charge in [0, 0.05) is 6.54 Å². The lowest BCUT2D eigenvalue weighted by molar-refractivity contribution is -0.121. The number of nitrogens with one attached hydrogen (secondary N) is 1. The second-order valence-electron chi connectivity index (χ2n) is 4.26. The Kier molecular flexibility index (Phi) is 3.77. The largest absolute Gasteiger partial charge is 0.355 e. The van der Waals surface area contributed by atoms with E-state index in [1.165, 1.54) is 19.3 Å². The maximum absolute atomic E-state index is 11.4. The van der Waals surface area contributed by atoms with Gasteiger partial charge < -0.3 is 5.32 Å². The van der Waals surface area contributed by atoms with Crippen molar-refractivity contribution >= 4 is 21.8 Å². The molecule has 1 aliphatic carbocycles. The van der Waals surface area contributed by atoms with Crippen molar-refractivity contribution in [2.45, 2.75) is 44.4 Å². The van der Waals surface area contributed by atoms with Crippen LogP contribution in [0, 0.1) is 5.41 Å². The molecule has 1 aliphatic rings. The molecule has 1 amide bonds. The van der Waals surface area contributed by atoms with Crippen molar-refractivity contribution in [1.82, 2.24) is 5.32 Å². The van der Waals surface area contributed by atoms with Gasteiger partial charge >= 0.3 is 0 Å². The van der Waals surface area contributed by atoms with Gasteiger partial charge in [-0.3, -0.25) is 4.79 Å². The molecule has 76 valence electrons. The average molecular weight is 248 g/mol. The molecule has 1 atom stereocenters. The first-order chi connectivity index (χ1) is 6.07. The molecule has 0 aromatic rings. The third-order valence-electron chi connectivity index (χ3n) is 2.89. The van der Waals surface area contributed by atoms with E-state index >= 15 is 0 Å². The van der Waals surface area contributed by atoms with E-state index in [0.29, 0.717) is 5.41 Å². The highest BCUT2D eigenvalue weighted by Crippen LogP contribution is 2.39. The summed E-state index contributed by atoms with van der Waals surface area (Å²) in [5.74, 6) is 0.135. The van der Waals surface area contributed by atoms with Gasteiger partial charge in [0.1, 0.15) is 0 Å². The monoisotopic (exact) mass is 247 g/mol. The van der Waals surface area contributed by atoms with Gasteiger partial charge in [0.15, 0.2) is 0 Å². The van der Waals surface area contributed by atoms with Crippen molar-refractivity contribution in [2.75, 3.05) is 6.54 Å². The fourth-order valence-electron chi connectivity index (χ4n) is 1.55. The van der Waals surface area contributed by atoms with Crippen LogP contribution in [0.1, 0.15) is 39.5 Å². The van der Waals surface area contributed by atoms with Gasteiger partial charge in [0.25, 0.3) is 0 Å². The van der Waals surface area contributed by atoms with E-state index in [4.69, 9.17) is 0 Å². The molecule has 0 saturated heterocycles. The lowest BCUT2D eigenvalue weighted by atomic mass is 9.70. The van der Waals surface area contributed by atoms with E-state index in [1.54, 1.807) is 0 Å². The maximum Gasteiger partial charge on any atom is 0.233 e. The minimum Gasteiger partial charge on any atom is -0.355 e. The highest BCUT2D eigenvalue weighted by atomic mass is 79.9. The van der Waals surface area contributed by atoms with Crippen molar-refractivity contribution in [3.05, 3.63) is 0 Å². The van der Waals surface area contributed by atoms with Crippen LogP contribution < -0.4 is 5.32 Å². The molecule has 1 fully saturated rings. The summed E-state index contributed by atoms with van der Waals surface area (Å²) >= 11 is 3.34. The molecular formula is C10H18BrNO. The molecule has 13 heavy (non-hydrogen) atoms. The highest BCUT2D eigenvalue weighted by Gasteiger charge is 2.32. The minimum atomic E-state index is -0.0174. The van der Waals surface area contributed by atoms with E-state index in [1.807, 2.05) is 6.92 Å². The van der Waals surface area contributed by atoms with E-state index in [0.717, 1.165) is 13.0 Å². The Bertz CT molecular complexity index is 189. The van der Waals surface area contributed by atoms with Crippen LogP contribution in [-0.2, 0) is 4.79 Å². The Morgan fingerprint density at radius 3 is 2.62 bits per heavy atom. The first-order valence-electron chi connectivity index (χ1n) is 4.99. The summed E-state index contributed by atoms with van der Waals surface area (Å²) in [6.07, 6.45) is 4.68.